The van der Waals surface area contributed by atoms with Crippen LogP contribution >= 0.6 is 0 Å². The van der Waals surface area contributed by atoms with Crippen LogP contribution in [0.15, 0.2) is 0 Å². The normalized spacial score (nSPS) is 57.6. The number of hydrogen-bond donors (Lipinski definition) is 0. The second-order valence-electron chi connectivity index (χ2n) is 4.67. The van der Waals surface area contributed by atoms with Gasteiger partial charge in [-0.05, 0) is 62.2 Å². The maximum atomic E-state index is 1.60. The molecule has 0 spiro atoms. The molecule has 4 atom stereocenters. The number of hydrogen-bond acceptors (Lipinski definition) is 0. The molecule has 0 nitrogen and oxygen atoms in total. The van der Waals surface area contributed by atoms with Crippen LogP contribution in [0.5, 0.6) is 0 Å². The molecule has 10 heavy (non-hydrogen) atoms. The van der Waals surface area contributed by atoms with Gasteiger partial charge in [-0.25, -0.2) is 0 Å². The molecule has 3 saturated carbocycles. The Morgan fingerprint density at radius 3 is 1.10 bits per heavy atom. The quantitative estimate of drug-likeness (QED) is 0.480. The summed E-state index contributed by atoms with van der Waals surface area (Å²) in [5.41, 5.74) is 0. The summed E-state index contributed by atoms with van der Waals surface area (Å²) in [5.74, 6) is 4.78. The minimum Gasteiger partial charge on any atom is -0.0499 e. The summed E-state index contributed by atoms with van der Waals surface area (Å²) >= 11 is 0. The fourth-order valence-electron chi connectivity index (χ4n) is 2.89. The van der Waals surface area contributed by atoms with Gasteiger partial charge < -0.3 is 0 Å². The molecule has 0 unspecified atom stereocenters. The van der Waals surface area contributed by atoms with Crippen LogP contribution in [0.25, 0.3) is 0 Å². The third kappa shape index (κ3) is 0.810. The van der Waals surface area contributed by atoms with Gasteiger partial charge in [0.1, 0.15) is 0 Å². The summed E-state index contributed by atoms with van der Waals surface area (Å²) in [6.07, 6.45) is 9.55. The molecular formula is C10H16. The summed E-state index contributed by atoms with van der Waals surface area (Å²) in [7, 11) is 0. The maximum Gasteiger partial charge on any atom is -0.0383 e. The Labute approximate surface area is 63.0 Å². The summed E-state index contributed by atoms with van der Waals surface area (Å²) in [4.78, 5) is 0. The van der Waals surface area contributed by atoms with Crippen LogP contribution in [0.2, 0.25) is 0 Å². The molecule has 3 aliphatic carbocycles. The lowest BCUT2D eigenvalue weighted by molar-refractivity contribution is 0.468. The van der Waals surface area contributed by atoms with E-state index in [4.69, 9.17) is 0 Å². The van der Waals surface area contributed by atoms with Crippen molar-refractivity contribution in [1.82, 2.24) is 0 Å². The Morgan fingerprint density at radius 1 is 0.500 bits per heavy atom. The van der Waals surface area contributed by atoms with E-state index >= 15 is 0 Å². The molecule has 0 saturated heterocycles. The molecule has 0 aliphatic heterocycles. The first-order valence-electron chi connectivity index (χ1n) is 4.93. The van der Waals surface area contributed by atoms with Crippen molar-refractivity contribution in [2.24, 2.45) is 23.7 Å². The first-order chi connectivity index (χ1) is 4.93. The Hall–Kier alpha value is 0. The van der Waals surface area contributed by atoms with Gasteiger partial charge in [-0.1, -0.05) is 0 Å². The third-order valence-electron chi connectivity index (χ3n) is 3.95. The van der Waals surface area contributed by atoms with Crippen molar-refractivity contribution in [2.45, 2.75) is 38.5 Å². The minimum absolute atomic E-state index is 1.20. The highest BCUT2D eigenvalue weighted by molar-refractivity contribution is 4.95. The van der Waals surface area contributed by atoms with E-state index in [0.717, 1.165) is 0 Å². The zero-order chi connectivity index (χ0) is 6.55. The fourth-order valence-corrected chi connectivity index (χ4v) is 2.89. The zero-order valence-corrected chi connectivity index (χ0v) is 6.55. The lowest BCUT2D eigenvalue weighted by Gasteiger charge is -2.04. The van der Waals surface area contributed by atoms with Crippen LogP contribution in [0.1, 0.15) is 38.5 Å². The zero-order valence-electron chi connectivity index (χ0n) is 6.55. The molecule has 3 fully saturated rings. The van der Waals surface area contributed by atoms with E-state index in [1.165, 1.54) is 23.7 Å². The topological polar surface area (TPSA) is 0 Å². The molecule has 3 aliphatic rings. The predicted molar refractivity (Wildman–Crippen MR) is 41.7 cm³/mol. The van der Waals surface area contributed by atoms with E-state index in [-0.39, 0.29) is 0 Å². The number of rotatable bonds is 0. The average Bonchev–Trinajstić information content (AvgIpc) is 2.70. The van der Waals surface area contributed by atoms with Crippen molar-refractivity contribution in [3.05, 3.63) is 0 Å². The molecule has 3 rings (SSSR count). The highest BCUT2D eigenvalue weighted by Crippen LogP contribution is 2.55. The summed E-state index contributed by atoms with van der Waals surface area (Å²) in [5, 5.41) is 0. The van der Waals surface area contributed by atoms with Crippen LogP contribution in [-0.4, -0.2) is 0 Å². The molecule has 0 aromatic rings. The van der Waals surface area contributed by atoms with Crippen LogP contribution in [0, 0.1) is 23.7 Å². The van der Waals surface area contributed by atoms with Crippen molar-refractivity contribution < 1.29 is 0 Å². The second-order valence-corrected chi connectivity index (χ2v) is 4.67. The minimum atomic E-state index is 1.20. The highest BCUT2D eigenvalue weighted by Gasteiger charge is 2.44. The summed E-state index contributed by atoms with van der Waals surface area (Å²) in [6, 6.07) is 0. The van der Waals surface area contributed by atoms with Gasteiger partial charge in [-0.2, -0.15) is 0 Å². The standard InChI is InChI=1S/C10H16/c1-2-8-6-10(8)4-3-9-5-7(1)9/h7-10H,1-6H2/t7-,8+,9-,10+. The first-order valence-corrected chi connectivity index (χ1v) is 4.93. The molecule has 0 aromatic carbocycles. The van der Waals surface area contributed by atoms with Crippen LogP contribution in [0.4, 0.5) is 0 Å². The van der Waals surface area contributed by atoms with E-state index in [1.54, 1.807) is 38.5 Å². The lowest BCUT2D eigenvalue weighted by atomic mass is 10.0. The highest BCUT2D eigenvalue weighted by atomic mass is 14.5. The molecule has 0 amide bonds. The Balaban J connectivity index is 1.67. The van der Waals surface area contributed by atoms with Crippen molar-refractivity contribution in [1.29, 1.82) is 0 Å². The van der Waals surface area contributed by atoms with Crippen molar-refractivity contribution in [3.63, 3.8) is 0 Å². The molecular weight excluding hydrogens is 120 g/mol. The lowest BCUT2D eigenvalue weighted by Crippen LogP contribution is -1.93. The van der Waals surface area contributed by atoms with E-state index in [2.05, 4.69) is 0 Å². The van der Waals surface area contributed by atoms with Gasteiger partial charge in [0.25, 0.3) is 0 Å². The van der Waals surface area contributed by atoms with Crippen molar-refractivity contribution in [3.8, 4) is 0 Å². The van der Waals surface area contributed by atoms with Gasteiger partial charge in [0.2, 0.25) is 0 Å². The van der Waals surface area contributed by atoms with E-state index < -0.39 is 0 Å². The van der Waals surface area contributed by atoms with E-state index in [1.807, 2.05) is 0 Å². The monoisotopic (exact) mass is 136 g/mol. The van der Waals surface area contributed by atoms with Gasteiger partial charge in [0.05, 0.1) is 0 Å². The molecule has 0 heteroatoms. The van der Waals surface area contributed by atoms with Crippen LogP contribution in [-0.2, 0) is 0 Å². The van der Waals surface area contributed by atoms with Crippen LogP contribution in [0.3, 0.4) is 0 Å². The average molecular weight is 136 g/mol. The van der Waals surface area contributed by atoms with Crippen molar-refractivity contribution >= 4 is 0 Å². The Kier molecular flexibility index (Phi) is 1.00. The maximum absolute atomic E-state index is 1.60. The molecule has 0 aromatic heterocycles. The SMILES string of the molecule is C1C[C@H]2C[C@@H]2CC[C@@H]2C[C@@H]12. The summed E-state index contributed by atoms with van der Waals surface area (Å²) in [6.45, 7) is 0. The molecule has 0 heterocycles. The van der Waals surface area contributed by atoms with Gasteiger partial charge in [0, 0.05) is 0 Å². The smallest absolute Gasteiger partial charge is 0.0383 e. The van der Waals surface area contributed by atoms with Crippen LogP contribution < -0.4 is 0 Å². The Bertz CT molecular complexity index is 116. The third-order valence-corrected chi connectivity index (χ3v) is 3.95. The Morgan fingerprint density at radius 2 is 0.800 bits per heavy atom. The second kappa shape index (κ2) is 1.78. The first kappa shape index (κ1) is 5.62. The largest absolute Gasteiger partial charge is 0.0499 e. The van der Waals surface area contributed by atoms with E-state index in [0.29, 0.717) is 0 Å². The van der Waals surface area contributed by atoms with Crippen molar-refractivity contribution in [2.75, 3.05) is 0 Å². The summed E-state index contributed by atoms with van der Waals surface area (Å²) < 4.78 is 0. The fraction of sp³-hybridized carbons (Fsp3) is 1.00. The number of fused-ring (bicyclic) bond motifs is 2. The van der Waals surface area contributed by atoms with Gasteiger partial charge in [-0.15, -0.1) is 0 Å². The predicted octanol–water partition coefficient (Wildman–Crippen LogP) is 2.83. The van der Waals surface area contributed by atoms with Gasteiger partial charge in [0.15, 0.2) is 0 Å². The molecule has 56 valence electrons. The van der Waals surface area contributed by atoms with E-state index in [9.17, 15) is 0 Å². The van der Waals surface area contributed by atoms with Gasteiger partial charge in [-0.3, -0.25) is 0 Å². The van der Waals surface area contributed by atoms with Gasteiger partial charge >= 0.3 is 0 Å². The molecule has 0 radical (unpaired) electrons. The molecule has 0 bridgehead atoms. The molecule has 0 N–H and O–H groups in total.